The predicted molar refractivity (Wildman–Crippen MR) is 47.7 cm³/mol. The topological polar surface area (TPSA) is 108 Å². The fourth-order valence-electron chi connectivity index (χ4n) is 0.780. The zero-order chi connectivity index (χ0) is 12.1. The molecule has 0 heterocycles. The van der Waals surface area contributed by atoms with Crippen molar-refractivity contribution < 1.29 is 84.7 Å². The Morgan fingerprint density at radius 3 is 1.88 bits per heavy atom. The van der Waals surface area contributed by atoms with Gasteiger partial charge in [-0.15, -0.1) is 18.2 Å². The molecular formula is C7H6Na2O6S2. The van der Waals surface area contributed by atoms with E-state index >= 15 is 0 Å². The second-order valence-corrected chi connectivity index (χ2v) is 4.11. The smallest absolute Gasteiger partial charge is 0.746 e. The molecule has 0 amide bonds. The molecule has 6 nitrogen and oxygen atoms in total. The first kappa shape index (κ1) is 22.9. The standard InChI is InChI=1S/C7H7O3S.2Na.O3S/c1-6-4-2-3-5-7(6)11(8,9)10;;;1-4(2)3/h3-5H,1H3,(H,8,9,10);;;/q-1;2*+1;/p-1. The van der Waals surface area contributed by atoms with E-state index in [0.29, 0.717) is 5.56 Å². The van der Waals surface area contributed by atoms with Crippen molar-refractivity contribution in [3.05, 3.63) is 29.8 Å². The first-order valence-electron chi connectivity index (χ1n) is 3.44. The van der Waals surface area contributed by atoms with Gasteiger partial charge in [-0.3, -0.25) is 0 Å². The molecule has 0 atom stereocenters. The van der Waals surface area contributed by atoms with E-state index < -0.39 is 20.7 Å². The number of hydrogen-bond donors (Lipinski definition) is 0. The Morgan fingerprint density at radius 1 is 1.24 bits per heavy atom. The molecule has 0 bridgehead atoms. The van der Waals surface area contributed by atoms with Gasteiger partial charge in [-0.05, 0) is 0 Å². The van der Waals surface area contributed by atoms with Crippen LogP contribution < -0.4 is 59.1 Å². The largest absolute Gasteiger partial charge is 1.00 e. The molecule has 0 radical (unpaired) electrons. The predicted octanol–water partition coefficient (Wildman–Crippen LogP) is -6.30. The third-order valence-corrected chi connectivity index (χ3v) is 2.29. The quantitative estimate of drug-likeness (QED) is 0.290. The minimum Gasteiger partial charge on any atom is -0.746 e. The Balaban J connectivity index is -0.000000289. The fourth-order valence-corrected chi connectivity index (χ4v) is 1.47. The Morgan fingerprint density at radius 2 is 1.65 bits per heavy atom. The van der Waals surface area contributed by atoms with Crippen LogP contribution in [0.3, 0.4) is 0 Å². The van der Waals surface area contributed by atoms with Gasteiger partial charge in [-0.2, -0.15) is 24.3 Å². The number of hydrogen-bond acceptors (Lipinski definition) is 6. The third-order valence-electron chi connectivity index (χ3n) is 1.29. The van der Waals surface area contributed by atoms with Crippen LogP contribution >= 0.6 is 0 Å². The maximum Gasteiger partial charge on any atom is 1.00 e. The molecule has 0 fully saturated rings. The van der Waals surface area contributed by atoms with Crippen molar-refractivity contribution in [2.75, 3.05) is 0 Å². The fraction of sp³-hybridized carbons (Fsp3) is 0.143. The Labute approximate surface area is 145 Å². The van der Waals surface area contributed by atoms with Crippen molar-refractivity contribution in [2.24, 2.45) is 0 Å². The third kappa shape index (κ3) is 11.6. The summed E-state index contributed by atoms with van der Waals surface area (Å²) in [5.41, 5.74) is 0.433. The summed E-state index contributed by atoms with van der Waals surface area (Å²) in [7, 11) is -7.41. The molecule has 1 rings (SSSR count). The average molecular weight is 296 g/mol. The molecule has 10 heteroatoms. The summed E-state index contributed by atoms with van der Waals surface area (Å²) in [6.07, 6.45) is 0. The molecule has 0 unspecified atom stereocenters. The summed E-state index contributed by atoms with van der Waals surface area (Å²) in [6.45, 7) is 1.56. The van der Waals surface area contributed by atoms with Gasteiger partial charge in [0.25, 0.3) is 0 Å². The Bertz CT molecular complexity index is 530. The van der Waals surface area contributed by atoms with Gasteiger partial charge in [0.1, 0.15) is 10.1 Å². The van der Waals surface area contributed by atoms with Crippen molar-refractivity contribution in [1.82, 2.24) is 0 Å². The SMILES string of the molecule is Cc1c[c-]ccc1S(=O)(=O)[O-].O=S(=O)=O.[Na+].[Na+]. The van der Waals surface area contributed by atoms with Gasteiger partial charge in [0.05, 0.1) is 0 Å². The minimum atomic E-state index is -4.30. The molecular weight excluding hydrogens is 290 g/mol. The first-order valence-corrected chi connectivity index (χ1v) is 5.85. The van der Waals surface area contributed by atoms with Crippen LogP contribution in [-0.4, -0.2) is 25.6 Å². The summed E-state index contributed by atoms with van der Waals surface area (Å²) < 4.78 is 56.8. The van der Waals surface area contributed by atoms with Gasteiger partial charge < -0.3 is 4.55 Å². The molecule has 0 N–H and O–H groups in total. The summed E-state index contributed by atoms with van der Waals surface area (Å²) >= 11 is 0. The van der Waals surface area contributed by atoms with Crippen molar-refractivity contribution in [2.45, 2.75) is 11.8 Å². The molecule has 0 spiro atoms. The minimum absolute atomic E-state index is 0. The van der Waals surface area contributed by atoms with Gasteiger partial charge in [0.15, 0.2) is 0 Å². The average Bonchev–Trinajstić information content (AvgIpc) is 2.01. The first-order chi connectivity index (χ1) is 6.75. The van der Waals surface area contributed by atoms with Gasteiger partial charge >= 0.3 is 69.7 Å². The van der Waals surface area contributed by atoms with Gasteiger partial charge in [0, 0.05) is 0 Å². The molecule has 17 heavy (non-hydrogen) atoms. The van der Waals surface area contributed by atoms with E-state index in [1.54, 1.807) is 6.92 Å². The molecule has 84 valence electrons. The van der Waals surface area contributed by atoms with Crippen LogP contribution in [0.4, 0.5) is 0 Å². The summed E-state index contributed by atoms with van der Waals surface area (Å²) in [5, 5.41) is 0. The van der Waals surface area contributed by atoms with Gasteiger partial charge in [-0.25, -0.2) is 8.42 Å². The zero-order valence-corrected chi connectivity index (χ0v) is 15.1. The molecule has 0 aliphatic heterocycles. The molecule has 0 aromatic heterocycles. The van der Waals surface area contributed by atoms with E-state index in [1.807, 2.05) is 0 Å². The van der Waals surface area contributed by atoms with Crippen molar-refractivity contribution in [1.29, 1.82) is 0 Å². The van der Waals surface area contributed by atoms with Crippen LogP contribution in [-0.2, 0) is 20.7 Å². The second-order valence-electron chi connectivity index (χ2n) is 2.35. The molecule has 0 aliphatic carbocycles. The maximum atomic E-state index is 10.5. The van der Waals surface area contributed by atoms with Crippen LogP contribution in [0.2, 0.25) is 0 Å². The van der Waals surface area contributed by atoms with Crippen LogP contribution in [0.1, 0.15) is 5.56 Å². The van der Waals surface area contributed by atoms with Crippen molar-refractivity contribution in [3.63, 3.8) is 0 Å². The number of benzene rings is 1. The number of rotatable bonds is 1. The van der Waals surface area contributed by atoms with E-state index in [0.717, 1.165) is 0 Å². The normalized spacial score (nSPS) is 8.82. The van der Waals surface area contributed by atoms with Crippen LogP contribution in [0, 0.1) is 13.0 Å². The summed E-state index contributed by atoms with van der Waals surface area (Å²) in [5.74, 6) is 0. The van der Waals surface area contributed by atoms with Gasteiger partial charge in [0.2, 0.25) is 0 Å². The monoisotopic (exact) mass is 296 g/mol. The van der Waals surface area contributed by atoms with E-state index in [2.05, 4.69) is 6.07 Å². The van der Waals surface area contributed by atoms with E-state index in [4.69, 9.17) is 12.6 Å². The molecule has 0 saturated heterocycles. The zero-order valence-electron chi connectivity index (χ0n) is 9.50. The summed E-state index contributed by atoms with van der Waals surface area (Å²) in [6, 6.07) is 6.78. The molecule has 1 aromatic rings. The summed E-state index contributed by atoms with van der Waals surface area (Å²) in [4.78, 5) is -0.170. The van der Waals surface area contributed by atoms with Crippen molar-refractivity contribution in [3.8, 4) is 0 Å². The van der Waals surface area contributed by atoms with Crippen molar-refractivity contribution >= 4 is 20.7 Å². The number of aryl methyl sites for hydroxylation is 1. The van der Waals surface area contributed by atoms with Crippen LogP contribution in [0.15, 0.2) is 23.1 Å². The Hall–Kier alpha value is 0.750. The van der Waals surface area contributed by atoms with E-state index in [-0.39, 0.29) is 64.0 Å². The van der Waals surface area contributed by atoms with Crippen LogP contribution in [0.5, 0.6) is 0 Å². The van der Waals surface area contributed by atoms with Crippen LogP contribution in [0.25, 0.3) is 0 Å². The Kier molecular flexibility index (Phi) is 14.3. The van der Waals surface area contributed by atoms with Gasteiger partial charge in [-0.1, -0.05) is 11.8 Å². The molecule has 0 saturated carbocycles. The van der Waals surface area contributed by atoms with E-state index in [9.17, 15) is 13.0 Å². The maximum absolute atomic E-state index is 10.5. The molecule has 1 aromatic carbocycles. The van der Waals surface area contributed by atoms with E-state index in [1.165, 1.54) is 18.2 Å². The molecule has 0 aliphatic rings. The second kappa shape index (κ2) is 10.7.